The number of hydrogen-bond acceptors (Lipinski definition) is 4. The molecule has 1 atom stereocenters. The van der Waals surface area contributed by atoms with Crippen molar-refractivity contribution in [1.29, 1.82) is 0 Å². The summed E-state index contributed by atoms with van der Waals surface area (Å²) in [6.07, 6.45) is 5.97. The first-order valence-electron chi connectivity index (χ1n) is 9.56. The number of benzene rings is 2. The van der Waals surface area contributed by atoms with Crippen LogP contribution in [0.25, 0.3) is 21.8 Å². The third-order valence-electron chi connectivity index (χ3n) is 5.42. The SMILES string of the molecule is NC1CCCN(c2nc3ccccc3n2Cc2ccc3ccncc3c2)C1. The van der Waals surface area contributed by atoms with Gasteiger partial charge in [0.2, 0.25) is 5.95 Å². The summed E-state index contributed by atoms with van der Waals surface area (Å²) in [4.78, 5) is 11.6. The van der Waals surface area contributed by atoms with Gasteiger partial charge in [-0.3, -0.25) is 4.98 Å². The average Bonchev–Trinajstić information content (AvgIpc) is 3.06. The monoisotopic (exact) mass is 357 g/mol. The van der Waals surface area contributed by atoms with Crippen LogP contribution in [-0.2, 0) is 6.54 Å². The molecule has 5 heteroatoms. The summed E-state index contributed by atoms with van der Waals surface area (Å²) >= 11 is 0. The highest BCUT2D eigenvalue weighted by atomic mass is 15.3. The summed E-state index contributed by atoms with van der Waals surface area (Å²) in [5.74, 6) is 1.03. The minimum Gasteiger partial charge on any atom is -0.341 e. The number of nitrogens with zero attached hydrogens (tertiary/aromatic N) is 4. The van der Waals surface area contributed by atoms with Crippen LogP contribution in [-0.4, -0.2) is 33.7 Å². The molecule has 5 nitrogen and oxygen atoms in total. The van der Waals surface area contributed by atoms with Crippen molar-refractivity contribution in [3.63, 3.8) is 0 Å². The summed E-state index contributed by atoms with van der Waals surface area (Å²) in [6.45, 7) is 2.66. The first kappa shape index (κ1) is 16.3. The average molecular weight is 357 g/mol. The molecule has 1 aliphatic rings. The molecule has 1 aliphatic heterocycles. The van der Waals surface area contributed by atoms with Gasteiger partial charge in [-0.1, -0.05) is 24.3 Å². The van der Waals surface area contributed by atoms with E-state index in [0.717, 1.165) is 49.5 Å². The van der Waals surface area contributed by atoms with Gasteiger partial charge in [0, 0.05) is 36.9 Å². The number of piperidine rings is 1. The Hall–Kier alpha value is -2.92. The van der Waals surface area contributed by atoms with Crippen molar-refractivity contribution in [1.82, 2.24) is 14.5 Å². The highest BCUT2D eigenvalue weighted by Gasteiger charge is 2.22. The number of para-hydroxylation sites is 2. The quantitative estimate of drug-likeness (QED) is 0.609. The zero-order chi connectivity index (χ0) is 18.2. The lowest BCUT2D eigenvalue weighted by molar-refractivity contribution is 0.495. The fraction of sp³-hybridized carbons (Fsp3) is 0.273. The van der Waals surface area contributed by atoms with Gasteiger partial charge in [-0.15, -0.1) is 0 Å². The Morgan fingerprint density at radius 1 is 1.07 bits per heavy atom. The zero-order valence-electron chi connectivity index (χ0n) is 15.3. The van der Waals surface area contributed by atoms with Gasteiger partial charge in [0.05, 0.1) is 17.6 Å². The lowest BCUT2D eigenvalue weighted by Gasteiger charge is -2.32. The molecule has 2 aromatic carbocycles. The smallest absolute Gasteiger partial charge is 0.206 e. The summed E-state index contributed by atoms with van der Waals surface area (Å²) < 4.78 is 2.32. The van der Waals surface area contributed by atoms with Crippen molar-refractivity contribution < 1.29 is 0 Å². The predicted octanol–water partition coefficient (Wildman–Crippen LogP) is 3.56. The Labute approximate surface area is 158 Å². The van der Waals surface area contributed by atoms with Gasteiger partial charge in [0.25, 0.3) is 0 Å². The molecule has 3 heterocycles. The molecule has 5 rings (SSSR count). The summed E-state index contributed by atoms with van der Waals surface area (Å²) in [5, 5.41) is 2.38. The minimum atomic E-state index is 0.221. The number of aromatic nitrogens is 3. The molecule has 27 heavy (non-hydrogen) atoms. The number of rotatable bonds is 3. The molecule has 2 aromatic heterocycles. The molecule has 4 aromatic rings. The predicted molar refractivity (Wildman–Crippen MR) is 110 cm³/mol. The fourth-order valence-electron chi connectivity index (χ4n) is 4.07. The van der Waals surface area contributed by atoms with E-state index < -0.39 is 0 Å². The summed E-state index contributed by atoms with van der Waals surface area (Å²) in [5.41, 5.74) is 9.69. The van der Waals surface area contributed by atoms with Crippen molar-refractivity contribution >= 4 is 27.8 Å². The first-order valence-corrected chi connectivity index (χ1v) is 9.56. The number of fused-ring (bicyclic) bond motifs is 2. The number of pyridine rings is 1. The van der Waals surface area contributed by atoms with Crippen molar-refractivity contribution in [2.75, 3.05) is 18.0 Å². The van der Waals surface area contributed by atoms with Crippen LogP contribution < -0.4 is 10.6 Å². The second-order valence-corrected chi connectivity index (χ2v) is 7.39. The zero-order valence-corrected chi connectivity index (χ0v) is 15.3. The Balaban J connectivity index is 1.58. The van der Waals surface area contributed by atoms with Gasteiger partial charge in [0.15, 0.2) is 0 Å². The molecule has 0 spiro atoms. The van der Waals surface area contributed by atoms with Crippen LogP contribution >= 0.6 is 0 Å². The number of hydrogen-bond donors (Lipinski definition) is 1. The molecular formula is C22H23N5. The lowest BCUT2D eigenvalue weighted by atomic mass is 10.1. The van der Waals surface area contributed by atoms with Gasteiger partial charge in [0.1, 0.15) is 0 Å². The van der Waals surface area contributed by atoms with Crippen LogP contribution in [0.15, 0.2) is 60.9 Å². The standard InChI is InChI=1S/C22H23N5/c23-19-4-3-11-26(15-19)22-25-20-5-1-2-6-21(20)27(22)14-16-7-8-17-9-10-24-13-18(17)12-16/h1-2,5-10,12-13,19H,3-4,11,14-15,23H2. The molecule has 0 aliphatic carbocycles. The van der Waals surface area contributed by atoms with E-state index in [-0.39, 0.29) is 6.04 Å². The van der Waals surface area contributed by atoms with E-state index in [1.54, 1.807) is 0 Å². The first-order chi connectivity index (χ1) is 13.3. The molecule has 1 saturated heterocycles. The molecule has 0 bridgehead atoms. The third kappa shape index (κ3) is 3.04. The maximum absolute atomic E-state index is 6.24. The molecule has 0 radical (unpaired) electrons. The van der Waals surface area contributed by atoms with Crippen LogP contribution in [0.2, 0.25) is 0 Å². The Morgan fingerprint density at radius 3 is 2.93 bits per heavy atom. The van der Waals surface area contributed by atoms with Gasteiger partial charge >= 0.3 is 0 Å². The Kier molecular flexibility index (Phi) is 4.02. The van der Waals surface area contributed by atoms with Crippen LogP contribution in [0.4, 0.5) is 5.95 Å². The fourth-order valence-corrected chi connectivity index (χ4v) is 4.07. The van der Waals surface area contributed by atoms with Gasteiger partial charge in [-0.05, 0) is 48.1 Å². The van der Waals surface area contributed by atoms with Crippen molar-refractivity contribution in [3.05, 3.63) is 66.5 Å². The molecule has 136 valence electrons. The lowest BCUT2D eigenvalue weighted by Crippen LogP contribution is -2.44. The second-order valence-electron chi connectivity index (χ2n) is 7.39. The van der Waals surface area contributed by atoms with Crippen LogP contribution in [0.5, 0.6) is 0 Å². The Morgan fingerprint density at radius 2 is 2.00 bits per heavy atom. The summed E-state index contributed by atoms with van der Waals surface area (Å²) in [7, 11) is 0. The molecule has 2 N–H and O–H groups in total. The van der Waals surface area contributed by atoms with Gasteiger partial charge in [-0.2, -0.15) is 0 Å². The summed E-state index contributed by atoms with van der Waals surface area (Å²) in [6, 6.07) is 17.2. The van der Waals surface area contributed by atoms with Crippen molar-refractivity contribution in [3.8, 4) is 0 Å². The second kappa shape index (κ2) is 6.67. The normalized spacial score (nSPS) is 17.7. The topological polar surface area (TPSA) is 60.0 Å². The van der Waals surface area contributed by atoms with Gasteiger partial charge in [-0.25, -0.2) is 4.98 Å². The van der Waals surface area contributed by atoms with E-state index in [0.29, 0.717) is 0 Å². The van der Waals surface area contributed by atoms with Crippen LogP contribution in [0, 0.1) is 0 Å². The Bertz CT molecular complexity index is 1100. The number of nitrogens with two attached hydrogens (primary N) is 1. The van der Waals surface area contributed by atoms with E-state index in [1.165, 1.54) is 16.3 Å². The highest BCUT2D eigenvalue weighted by Crippen LogP contribution is 2.27. The molecule has 1 unspecified atom stereocenters. The van der Waals surface area contributed by atoms with Crippen molar-refractivity contribution in [2.24, 2.45) is 5.73 Å². The number of imidazole rings is 1. The largest absolute Gasteiger partial charge is 0.341 e. The highest BCUT2D eigenvalue weighted by molar-refractivity contribution is 5.82. The third-order valence-corrected chi connectivity index (χ3v) is 5.42. The minimum absolute atomic E-state index is 0.221. The molecule has 0 amide bonds. The van der Waals surface area contributed by atoms with E-state index in [1.807, 2.05) is 24.5 Å². The van der Waals surface area contributed by atoms with Gasteiger partial charge < -0.3 is 15.2 Å². The maximum Gasteiger partial charge on any atom is 0.206 e. The van der Waals surface area contributed by atoms with Crippen molar-refractivity contribution in [2.45, 2.75) is 25.4 Å². The maximum atomic E-state index is 6.24. The molecule has 1 fully saturated rings. The van der Waals surface area contributed by atoms with E-state index in [4.69, 9.17) is 10.7 Å². The molecule has 0 saturated carbocycles. The molecular weight excluding hydrogens is 334 g/mol. The van der Waals surface area contributed by atoms with Crippen LogP contribution in [0.1, 0.15) is 18.4 Å². The van der Waals surface area contributed by atoms with E-state index in [9.17, 15) is 0 Å². The van der Waals surface area contributed by atoms with E-state index in [2.05, 4.69) is 50.8 Å². The number of anilines is 1. The van der Waals surface area contributed by atoms with Crippen LogP contribution in [0.3, 0.4) is 0 Å². The van der Waals surface area contributed by atoms with E-state index >= 15 is 0 Å².